The van der Waals surface area contributed by atoms with Crippen LogP contribution in [0.3, 0.4) is 0 Å². The summed E-state index contributed by atoms with van der Waals surface area (Å²) in [5.74, 6) is -0.734. The van der Waals surface area contributed by atoms with Crippen molar-refractivity contribution in [3.63, 3.8) is 0 Å². The van der Waals surface area contributed by atoms with E-state index in [0.717, 1.165) is 18.2 Å². The number of rotatable bonds is 9. The molecule has 1 aliphatic heterocycles. The number of sulfone groups is 1. The first-order chi connectivity index (χ1) is 19.6. The zero-order chi connectivity index (χ0) is 30.9. The van der Waals surface area contributed by atoms with E-state index in [4.69, 9.17) is 25.8 Å². The summed E-state index contributed by atoms with van der Waals surface area (Å²) in [5, 5.41) is -1.19. The molecule has 0 fully saturated rings. The van der Waals surface area contributed by atoms with E-state index in [1.165, 1.54) is 36.4 Å². The van der Waals surface area contributed by atoms with Crippen LogP contribution in [0, 0.1) is 11.2 Å². The van der Waals surface area contributed by atoms with Crippen molar-refractivity contribution in [1.82, 2.24) is 0 Å². The Morgan fingerprint density at radius 2 is 1.79 bits per heavy atom. The van der Waals surface area contributed by atoms with E-state index in [1.54, 1.807) is 20.8 Å². The van der Waals surface area contributed by atoms with Gasteiger partial charge in [0, 0.05) is 17.5 Å². The van der Waals surface area contributed by atoms with Crippen LogP contribution in [-0.4, -0.2) is 27.1 Å². The van der Waals surface area contributed by atoms with Crippen LogP contribution in [0.25, 0.3) is 0 Å². The second kappa shape index (κ2) is 12.1. The highest BCUT2D eigenvalue weighted by atomic mass is 35.5. The predicted octanol–water partition coefficient (Wildman–Crippen LogP) is 7.72. The van der Waals surface area contributed by atoms with Crippen LogP contribution >= 0.6 is 11.6 Å². The van der Waals surface area contributed by atoms with Crippen LogP contribution in [0.15, 0.2) is 65.6 Å². The number of hydrogen-bond acceptors (Lipinski definition) is 6. The van der Waals surface area contributed by atoms with Crippen LogP contribution in [0.1, 0.15) is 55.6 Å². The van der Waals surface area contributed by atoms with Crippen LogP contribution in [0.2, 0.25) is 5.02 Å². The molecule has 0 bridgehead atoms. The van der Waals surface area contributed by atoms with E-state index < -0.39 is 55.0 Å². The smallest absolute Gasteiger partial charge is 0.416 e. The Morgan fingerprint density at radius 1 is 1.07 bits per heavy atom. The minimum absolute atomic E-state index is 0.0872. The van der Waals surface area contributed by atoms with Crippen molar-refractivity contribution in [2.24, 2.45) is 5.41 Å². The molecule has 0 amide bonds. The molecule has 0 aromatic heterocycles. The van der Waals surface area contributed by atoms with E-state index >= 15 is 0 Å². The van der Waals surface area contributed by atoms with Gasteiger partial charge in [0.2, 0.25) is 0 Å². The van der Waals surface area contributed by atoms with E-state index in [1.807, 2.05) is 0 Å². The molecular weight excluding hydrogens is 600 g/mol. The molecular formula is C30H29ClF4O6S. The molecule has 2 atom stereocenters. The number of fused-ring (bicyclic) bond motifs is 1. The van der Waals surface area contributed by atoms with Gasteiger partial charge < -0.3 is 14.2 Å². The summed E-state index contributed by atoms with van der Waals surface area (Å²) in [5.41, 5.74) is -1.88. The SMILES string of the molecule is CCOC(=O)C(C)(C)CC1CC(S(=O)(=O)c2cccc(C(F)(F)F)c2)c2cc(OCc3c(F)cccc3Cl)ccc2O1. The monoisotopic (exact) mass is 628 g/mol. The summed E-state index contributed by atoms with van der Waals surface area (Å²) in [6.07, 6.45) is -5.60. The molecule has 0 radical (unpaired) electrons. The molecule has 0 N–H and O–H groups in total. The second-order valence-electron chi connectivity index (χ2n) is 10.5. The summed E-state index contributed by atoms with van der Waals surface area (Å²) >= 11 is 6.09. The lowest BCUT2D eigenvalue weighted by atomic mass is 9.84. The summed E-state index contributed by atoms with van der Waals surface area (Å²) in [7, 11) is -4.41. The number of alkyl halides is 3. The Kier molecular flexibility index (Phi) is 9.13. The minimum Gasteiger partial charge on any atom is -0.490 e. The van der Waals surface area contributed by atoms with E-state index in [9.17, 15) is 30.8 Å². The summed E-state index contributed by atoms with van der Waals surface area (Å²) < 4.78 is 99.4. The number of hydrogen-bond donors (Lipinski definition) is 0. The van der Waals surface area contributed by atoms with Crippen molar-refractivity contribution >= 4 is 27.4 Å². The Bertz CT molecular complexity index is 1550. The van der Waals surface area contributed by atoms with Gasteiger partial charge in [-0.3, -0.25) is 4.79 Å². The number of esters is 1. The topological polar surface area (TPSA) is 78.9 Å². The molecule has 226 valence electrons. The van der Waals surface area contributed by atoms with E-state index in [2.05, 4.69) is 0 Å². The number of benzene rings is 3. The average Bonchev–Trinajstić information content (AvgIpc) is 2.92. The lowest BCUT2D eigenvalue weighted by Crippen LogP contribution is -2.37. The summed E-state index contributed by atoms with van der Waals surface area (Å²) in [4.78, 5) is 12.0. The third-order valence-electron chi connectivity index (χ3n) is 6.97. The van der Waals surface area contributed by atoms with Gasteiger partial charge in [0.15, 0.2) is 9.84 Å². The Balaban J connectivity index is 1.73. The number of carbonyl (C=O) groups is 1. The number of carbonyl (C=O) groups excluding carboxylic acids is 1. The molecule has 4 rings (SSSR count). The van der Waals surface area contributed by atoms with Gasteiger partial charge in [-0.25, -0.2) is 12.8 Å². The first-order valence-electron chi connectivity index (χ1n) is 13.1. The molecule has 1 heterocycles. The fourth-order valence-corrected chi connectivity index (χ4v) is 6.90. The lowest BCUT2D eigenvalue weighted by molar-refractivity contribution is -0.155. The van der Waals surface area contributed by atoms with Gasteiger partial charge in [0.1, 0.15) is 30.0 Å². The van der Waals surface area contributed by atoms with Crippen LogP contribution in [0.5, 0.6) is 11.5 Å². The van der Waals surface area contributed by atoms with Crippen molar-refractivity contribution in [2.45, 2.75) is 62.6 Å². The summed E-state index contributed by atoms with van der Waals surface area (Å²) in [6.45, 7) is 4.85. The van der Waals surface area contributed by atoms with Gasteiger partial charge in [-0.1, -0.05) is 23.7 Å². The Labute approximate surface area is 246 Å². The zero-order valence-electron chi connectivity index (χ0n) is 23.0. The van der Waals surface area contributed by atoms with Gasteiger partial charge in [-0.15, -0.1) is 0 Å². The normalized spacial score (nSPS) is 17.2. The number of halogens is 5. The predicted molar refractivity (Wildman–Crippen MR) is 148 cm³/mol. The molecule has 42 heavy (non-hydrogen) atoms. The molecule has 0 aliphatic carbocycles. The minimum atomic E-state index is -4.75. The van der Waals surface area contributed by atoms with Crippen LogP contribution in [0.4, 0.5) is 17.6 Å². The zero-order valence-corrected chi connectivity index (χ0v) is 24.6. The maximum atomic E-state index is 14.3. The molecule has 0 spiro atoms. The summed E-state index contributed by atoms with van der Waals surface area (Å²) in [6, 6.07) is 12.1. The number of ether oxygens (including phenoxy) is 3. The maximum absolute atomic E-state index is 14.3. The van der Waals surface area contributed by atoms with Crippen LogP contribution in [-0.2, 0) is 32.2 Å². The van der Waals surface area contributed by atoms with E-state index in [0.29, 0.717) is 6.07 Å². The van der Waals surface area contributed by atoms with Crippen molar-refractivity contribution in [3.05, 3.63) is 88.2 Å². The Morgan fingerprint density at radius 3 is 2.45 bits per heavy atom. The highest BCUT2D eigenvalue weighted by molar-refractivity contribution is 7.91. The van der Waals surface area contributed by atoms with Gasteiger partial charge in [-0.2, -0.15) is 13.2 Å². The highest BCUT2D eigenvalue weighted by Gasteiger charge is 2.43. The standard InChI is InChI=1S/C30H29ClF4O6S/c1-4-39-28(36)29(2,3)16-20-15-27(42(37,38)21-8-5-7-18(13-21)30(33,34)35)22-14-19(11-12-26(22)41-20)40-17-23-24(31)9-6-10-25(23)32/h5-14,20,27H,4,15-17H2,1-3H3. The van der Waals surface area contributed by atoms with Crippen LogP contribution < -0.4 is 9.47 Å². The molecule has 12 heteroatoms. The van der Waals surface area contributed by atoms with Gasteiger partial charge in [0.25, 0.3) is 0 Å². The quantitative estimate of drug-likeness (QED) is 0.178. The first-order valence-corrected chi connectivity index (χ1v) is 15.0. The third kappa shape index (κ3) is 6.83. The Hall–Kier alpha value is -3.31. The lowest BCUT2D eigenvalue weighted by Gasteiger charge is -2.35. The highest BCUT2D eigenvalue weighted by Crippen LogP contribution is 2.46. The van der Waals surface area contributed by atoms with Gasteiger partial charge >= 0.3 is 12.1 Å². The average molecular weight is 629 g/mol. The molecule has 6 nitrogen and oxygen atoms in total. The molecule has 3 aromatic rings. The van der Waals surface area contributed by atoms with Crippen molar-refractivity contribution in [1.29, 1.82) is 0 Å². The first kappa shape index (κ1) is 31.6. The molecule has 0 saturated heterocycles. The fraction of sp³-hybridized carbons (Fsp3) is 0.367. The third-order valence-corrected chi connectivity index (χ3v) is 9.43. The van der Waals surface area contributed by atoms with Gasteiger partial charge in [-0.05, 0) is 75.7 Å². The second-order valence-corrected chi connectivity index (χ2v) is 13.1. The molecule has 2 unspecified atom stereocenters. The molecule has 1 aliphatic rings. The fourth-order valence-electron chi connectivity index (χ4n) is 4.81. The maximum Gasteiger partial charge on any atom is 0.416 e. The van der Waals surface area contributed by atoms with Gasteiger partial charge in [0.05, 0.1) is 32.8 Å². The molecule has 3 aromatic carbocycles. The van der Waals surface area contributed by atoms with Crippen molar-refractivity contribution < 1.29 is 45.0 Å². The molecule has 0 saturated carbocycles. The largest absolute Gasteiger partial charge is 0.490 e. The van der Waals surface area contributed by atoms with Crippen molar-refractivity contribution in [2.75, 3.05) is 6.61 Å². The van der Waals surface area contributed by atoms with E-state index in [-0.39, 0.29) is 53.7 Å². The van der Waals surface area contributed by atoms with Crippen molar-refractivity contribution in [3.8, 4) is 11.5 Å².